The zero-order valence-corrected chi connectivity index (χ0v) is 23.0. The van der Waals surface area contributed by atoms with Gasteiger partial charge in [-0.05, 0) is 69.7 Å². The fraction of sp³-hybridized carbons (Fsp3) is 0.448. The third kappa shape index (κ3) is 3.82. The van der Waals surface area contributed by atoms with Crippen molar-refractivity contribution in [2.75, 3.05) is 0 Å². The van der Waals surface area contributed by atoms with E-state index in [9.17, 15) is 19.5 Å². The predicted octanol–water partition coefficient (Wildman–Crippen LogP) is 3.54. The highest BCUT2D eigenvalue weighted by Crippen LogP contribution is 2.45. The van der Waals surface area contributed by atoms with Crippen LogP contribution in [0.3, 0.4) is 0 Å². The van der Waals surface area contributed by atoms with Crippen LogP contribution in [0.5, 0.6) is 0 Å². The molecule has 3 N–H and O–H groups in total. The van der Waals surface area contributed by atoms with Gasteiger partial charge in [-0.25, -0.2) is 24.4 Å². The number of aryl methyl sites for hydroxylation is 1. The Bertz CT molecular complexity index is 1690. The summed E-state index contributed by atoms with van der Waals surface area (Å²) in [6, 6.07) is 2.65. The number of carbonyl (C=O) groups excluding carboxylic acids is 2. The second-order valence-electron chi connectivity index (χ2n) is 11.7. The van der Waals surface area contributed by atoms with Crippen molar-refractivity contribution >= 4 is 23.0 Å². The predicted molar refractivity (Wildman–Crippen MR) is 143 cm³/mol. The molecule has 2 aromatic heterocycles. The first kappa shape index (κ1) is 26.4. The molecule has 11 heteroatoms. The van der Waals surface area contributed by atoms with Crippen molar-refractivity contribution in [2.24, 2.45) is 0 Å². The molecule has 1 aromatic carbocycles. The van der Waals surface area contributed by atoms with Crippen LogP contribution < -0.4 is 16.4 Å². The number of amides is 1. The second-order valence-corrected chi connectivity index (χ2v) is 11.7. The van der Waals surface area contributed by atoms with Crippen molar-refractivity contribution in [1.82, 2.24) is 20.4 Å². The van der Waals surface area contributed by atoms with Crippen molar-refractivity contribution in [3.8, 4) is 11.4 Å². The molecule has 210 valence electrons. The van der Waals surface area contributed by atoms with Crippen LogP contribution >= 0.6 is 0 Å². The highest BCUT2D eigenvalue weighted by Gasteiger charge is 2.46. The fourth-order valence-corrected chi connectivity index (χ4v) is 6.15. The van der Waals surface area contributed by atoms with E-state index in [1.807, 2.05) is 0 Å². The van der Waals surface area contributed by atoms with Crippen LogP contribution in [0.2, 0.25) is 0 Å². The number of fused-ring (bicyclic) bond motifs is 5. The summed E-state index contributed by atoms with van der Waals surface area (Å²) >= 11 is 0. The molecule has 0 saturated heterocycles. The normalized spacial score (nSPS) is 21.0. The molecular weight excluding hydrogens is 519 g/mol. The number of hydrogen-bond acceptors (Lipinski definition) is 8. The molecule has 6 rings (SSSR count). The van der Waals surface area contributed by atoms with Gasteiger partial charge in [0.05, 0.1) is 35.1 Å². The van der Waals surface area contributed by atoms with E-state index >= 15 is 4.39 Å². The summed E-state index contributed by atoms with van der Waals surface area (Å²) in [6.07, 6.45) is 0.511. The third-order valence-corrected chi connectivity index (χ3v) is 8.13. The lowest BCUT2D eigenvalue weighted by Crippen LogP contribution is -2.44. The minimum atomic E-state index is -1.95. The van der Waals surface area contributed by atoms with E-state index in [2.05, 4.69) is 10.9 Å². The molecule has 40 heavy (non-hydrogen) atoms. The Morgan fingerprint density at radius 1 is 1.27 bits per heavy atom. The number of rotatable bonds is 3. The molecule has 10 nitrogen and oxygen atoms in total. The Balaban J connectivity index is 1.54. The lowest BCUT2D eigenvalue weighted by atomic mass is 9.82. The summed E-state index contributed by atoms with van der Waals surface area (Å²) in [4.78, 5) is 43.5. The first-order valence-corrected chi connectivity index (χ1v) is 13.4. The van der Waals surface area contributed by atoms with Crippen LogP contribution in [0.15, 0.2) is 16.9 Å². The van der Waals surface area contributed by atoms with Gasteiger partial charge < -0.3 is 19.1 Å². The number of halogens is 1. The maximum atomic E-state index is 15.0. The van der Waals surface area contributed by atoms with E-state index in [-0.39, 0.29) is 48.1 Å². The van der Waals surface area contributed by atoms with Gasteiger partial charge in [0.15, 0.2) is 5.60 Å². The summed E-state index contributed by atoms with van der Waals surface area (Å²) in [5.74, 6) is -1.17. The average Bonchev–Trinajstić information content (AvgIpc) is 3.26. The molecule has 0 bridgehead atoms. The summed E-state index contributed by atoms with van der Waals surface area (Å²) in [6.45, 7) is 8.66. The van der Waals surface area contributed by atoms with Crippen LogP contribution in [0.4, 0.5) is 9.18 Å². The highest BCUT2D eigenvalue weighted by molar-refractivity contribution is 5.93. The number of nitrogens with one attached hydrogen (secondary N) is 2. The number of cyclic esters (lactones) is 1. The number of carbonyl (C=O) groups is 2. The SMILES string of the molecule is CC[C@@]1(O)C(=O)OCc2c1cc1n(c2=O)Cc2c-1nc1cc(F)c(C)c3c1c2[C@@H](NNC(=O)OC(C)(C)C)CC3. The Morgan fingerprint density at radius 2 is 2.02 bits per heavy atom. The summed E-state index contributed by atoms with van der Waals surface area (Å²) < 4.78 is 27.1. The maximum absolute atomic E-state index is 15.0. The molecule has 0 fully saturated rings. The van der Waals surface area contributed by atoms with Crippen molar-refractivity contribution in [1.29, 1.82) is 0 Å². The first-order chi connectivity index (χ1) is 18.8. The number of nitrogens with zero attached hydrogens (tertiary/aromatic N) is 2. The molecule has 1 aliphatic carbocycles. The molecule has 3 aliphatic rings. The molecule has 2 atom stereocenters. The van der Waals surface area contributed by atoms with Gasteiger partial charge in [0, 0.05) is 22.6 Å². The minimum absolute atomic E-state index is 0.0289. The second kappa shape index (κ2) is 8.84. The van der Waals surface area contributed by atoms with Gasteiger partial charge in [-0.1, -0.05) is 6.92 Å². The molecule has 0 unspecified atom stereocenters. The van der Waals surface area contributed by atoms with Gasteiger partial charge in [-0.2, -0.15) is 0 Å². The molecule has 0 radical (unpaired) electrons. The Hall–Kier alpha value is -3.83. The van der Waals surface area contributed by atoms with Gasteiger partial charge in [-0.15, -0.1) is 0 Å². The van der Waals surface area contributed by atoms with E-state index in [1.165, 1.54) is 6.07 Å². The van der Waals surface area contributed by atoms with Gasteiger partial charge in [0.1, 0.15) is 18.0 Å². The topological polar surface area (TPSA) is 132 Å². The van der Waals surface area contributed by atoms with Gasteiger partial charge in [0.25, 0.3) is 5.56 Å². The number of aliphatic hydroxyl groups is 1. The van der Waals surface area contributed by atoms with Crippen LogP contribution in [-0.4, -0.2) is 32.3 Å². The number of pyridine rings is 2. The minimum Gasteiger partial charge on any atom is -0.458 e. The molecule has 1 amide bonds. The zero-order valence-electron chi connectivity index (χ0n) is 23.0. The Morgan fingerprint density at radius 3 is 2.73 bits per heavy atom. The van der Waals surface area contributed by atoms with Crippen LogP contribution in [-0.2, 0) is 39.4 Å². The highest BCUT2D eigenvalue weighted by atomic mass is 19.1. The van der Waals surface area contributed by atoms with Crippen molar-refractivity contribution in [2.45, 2.75) is 84.3 Å². The molecule has 4 heterocycles. The molecule has 0 spiro atoms. The number of ether oxygens (including phenoxy) is 2. The van der Waals surface area contributed by atoms with E-state index in [0.29, 0.717) is 35.3 Å². The summed E-state index contributed by atoms with van der Waals surface area (Å²) in [5.41, 5.74) is 7.46. The van der Waals surface area contributed by atoms with E-state index in [1.54, 1.807) is 45.3 Å². The van der Waals surface area contributed by atoms with Crippen LogP contribution in [0.1, 0.15) is 80.0 Å². The average molecular weight is 551 g/mol. The molecular formula is C29H31FN4O6. The Labute approximate surface area is 229 Å². The quantitative estimate of drug-likeness (QED) is 0.261. The maximum Gasteiger partial charge on any atom is 0.422 e. The molecule has 0 saturated carbocycles. The zero-order chi connectivity index (χ0) is 28.7. The lowest BCUT2D eigenvalue weighted by molar-refractivity contribution is -0.172. The van der Waals surface area contributed by atoms with Crippen molar-refractivity contribution in [3.63, 3.8) is 0 Å². The number of esters is 1. The van der Waals surface area contributed by atoms with Gasteiger partial charge in [0.2, 0.25) is 0 Å². The van der Waals surface area contributed by atoms with E-state index in [4.69, 9.17) is 14.5 Å². The number of benzene rings is 1. The smallest absolute Gasteiger partial charge is 0.422 e. The third-order valence-electron chi connectivity index (χ3n) is 8.13. The van der Waals surface area contributed by atoms with Crippen LogP contribution in [0, 0.1) is 12.7 Å². The number of hydrogen-bond donors (Lipinski definition) is 3. The van der Waals surface area contributed by atoms with Crippen LogP contribution in [0.25, 0.3) is 22.3 Å². The molecule has 3 aromatic rings. The van der Waals surface area contributed by atoms with Crippen molar-refractivity contribution in [3.05, 3.63) is 61.7 Å². The number of aromatic nitrogens is 2. The summed E-state index contributed by atoms with van der Waals surface area (Å²) in [5, 5.41) is 12.0. The largest absolute Gasteiger partial charge is 0.458 e. The monoisotopic (exact) mass is 550 g/mol. The standard InChI is InChI=1S/C29H31FN4O6/c1-6-29(38)17-9-21-24-15(11-34(21)25(35)16(17)12-39-26(29)36)23-19(32-33-27(37)40-28(3,4)5)8-7-14-13(2)18(30)10-20(31-24)22(14)23/h9-10,19,32,38H,6-8,11-12H2,1-5H3,(H,33,37)/t19-,29-/m0/s1. The molecule has 2 aliphatic heterocycles. The van der Waals surface area contributed by atoms with Gasteiger partial charge >= 0.3 is 12.1 Å². The van der Waals surface area contributed by atoms with Gasteiger partial charge in [-0.3, -0.25) is 10.2 Å². The van der Waals surface area contributed by atoms with E-state index < -0.39 is 23.3 Å². The van der Waals surface area contributed by atoms with E-state index in [0.717, 1.165) is 22.1 Å². The fourth-order valence-electron chi connectivity index (χ4n) is 6.15. The summed E-state index contributed by atoms with van der Waals surface area (Å²) in [7, 11) is 0. The van der Waals surface area contributed by atoms with Crippen molar-refractivity contribution < 1.29 is 28.6 Å². The first-order valence-electron chi connectivity index (χ1n) is 13.4. The Kier molecular flexibility index (Phi) is 5.83. The number of hydrazine groups is 1. The lowest BCUT2D eigenvalue weighted by Gasteiger charge is -2.31.